The van der Waals surface area contributed by atoms with Crippen molar-refractivity contribution in [2.75, 3.05) is 13.6 Å². The highest BCUT2D eigenvalue weighted by Gasteiger charge is 2.25. The molecule has 1 N–H and O–H groups in total. The van der Waals surface area contributed by atoms with Crippen LogP contribution in [-0.4, -0.2) is 41.3 Å². The molecule has 0 bridgehead atoms. The van der Waals surface area contributed by atoms with Gasteiger partial charge in [0.2, 0.25) is 5.91 Å². The van der Waals surface area contributed by atoms with E-state index in [-0.39, 0.29) is 24.1 Å². The van der Waals surface area contributed by atoms with Crippen molar-refractivity contribution >= 4 is 11.8 Å². The van der Waals surface area contributed by atoms with Crippen molar-refractivity contribution in [3.63, 3.8) is 0 Å². The third-order valence-electron chi connectivity index (χ3n) is 2.67. The standard InChI is InChI=1S/C12H14FN3O2/c1-16(7-11(17)15-8-2-3-8)12(18)9-4-5-14-6-10(9)13/h4-6,8H,2-3,7H2,1H3,(H,15,17). The Labute approximate surface area is 104 Å². The highest BCUT2D eigenvalue weighted by atomic mass is 19.1. The van der Waals surface area contributed by atoms with Crippen LogP contribution < -0.4 is 5.32 Å². The Balaban J connectivity index is 1.95. The minimum atomic E-state index is -0.683. The summed E-state index contributed by atoms with van der Waals surface area (Å²) < 4.78 is 13.3. The quantitative estimate of drug-likeness (QED) is 0.851. The Kier molecular flexibility index (Phi) is 3.55. The molecule has 2 rings (SSSR count). The summed E-state index contributed by atoms with van der Waals surface area (Å²) >= 11 is 0. The lowest BCUT2D eigenvalue weighted by Crippen LogP contribution is -2.39. The van der Waals surface area contributed by atoms with E-state index in [2.05, 4.69) is 10.3 Å². The number of amides is 2. The number of likely N-dealkylation sites (N-methyl/N-ethyl adjacent to an activating group) is 1. The summed E-state index contributed by atoms with van der Waals surface area (Å²) in [6.07, 6.45) is 4.30. The third kappa shape index (κ3) is 3.03. The van der Waals surface area contributed by atoms with Crippen molar-refractivity contribution in [1.82, 2.24) is 15.2 Å². The van der Waals surface area contributed by atoms with Gasteiger partial charge in [-0.1, -0.05) is 0 Å². The van der Waals surface area contributed by atoms with Crippen LogP contribution in [0.15, 0.2) is 18.5 Å². The molecule has 1 aromatic rings. The highest BCUT2D eigenvalue weighted by molar-refractivity contribution is 5.96. The van der Waals surface area contributed by atoms with Gasteiger partial charge in [-0.25, -0.2) is 4.39 Å². The molecule has 1 aromatic heterocycles. The van der Waals surface area contributed by atoms with Crippen LogP contribution in [0.25, 0.3) is 0 Å². The first-order chi connectivity index (χ1) is 8.58. The van der Waals surface area contributed by atoms with Crippen molar-refractivity contribution in [3.8, 4) is 0 Å². The van der Waals surface area contributed by atoms with Crippen LogP contribution >= 0.6 is 0 Å². The summed E-state index contributed by atoms with van der Waals surface area (Å²) in [6.45, 7) is -0.0723. The van der Waals surface area contributed by atoms with Crippen LogP contribution in [0.5, 0.6) is 0 Å². The van der Waals surface area contributed by atoms with Crippen molar-refractivity contribution in [2.24, 2.45) is 0 Å². The molecule has 1 fully saturated rings. The summed E-state index contributed by atoms with van der Waals surface area (Å²) in [4.78, 5) is 28.2. The van der Waals surface area contributed by atoms with E-state index >= 15 is 0 Å². The Morgan fingerprint density at radius 2 is 2.28 bits per heavy atom. The molecule has 96 valence electrons. The average molecular weight is 251 g/mol. The summed E-state index contributed by atoms with van der Waals surface area (Å²) in [7, 11) is 1.47. The minimum absolute atomic E-state index is 0.0723. The largest absolute Gasteiger partial charge is 0.352 e. The number of carbonyl (C=O) groups is 2. The number of carbonyl (C=O) groups excluding carboxylic acids is 2. The van der Waals surface area contributed by atoms with Crippen LogP contribution in [0.1, 0.15) is 23.2 Å². The van der Waals surface area contributed by atoms with E-state index in [0.717, 1.165) is 19.0 Å². The molecule has 0 saturated heterocycles. The zero-order valence-corrected chi connectivity index (χ0v) is 10.0. The predicted molar refractivity (Wildman–Crippen MR) is 62.3 cm³/mol. The van der Waals surface area contributed by atoms with Gasteiger partial charge in [0.25, 0.3) is 5.91 Å². The number of hydrogen-bond donors (Lipinski definition) is 1. The number of halogens is 1. The maximum Gasteiger partial charge on any atom is 0.257 e. The van der Waals surface area contributed by atoms with Gasteiger partial charge in [0.15, 0.2) is 5.82 Å². The molecule has 2 amide bonds. The van der Waals surface area contributed by atoms with Crippen molar-refractivity contribution in [1.29, 1.82) is 0 Å². The predicted octanol–water partition coefficient (Wildman–Crippen LogP) is 0.571. The number of nitrogens with zero attached hydrogens (tertiary/aromatic N) is 2. The van der Waals surface area contributed by atoms with Crippen LogP contribution in [0.3, 0.4) is 0 Å². The highest BCUT2D eigenvalue weighted by Crippen LogP contribution is 2.18. The van der Waals surface area contributed by atoms with Gasteiger partial charge in [-0.05, 0) is 18.9 Å². The summed E-state index contributed by atoms with van der Waals surface area (Å²) in [5.41, 5.74) is -0.0771. The number of pyridine rings is 1. The fraction of sp³-hybridized carbons (Fsp3) is 0.417. The zero-order valence-electron chi connectivity index (χ0n) is 10.0. The number of nitrogens with one attached hydrogen (secondary N) is 1. The third-order valence-corrected chi connectivity index (χ3v) is 2.67. The lowest BCUT2D eigenvalue weighted by Gasteiger charge is -2.16. The van der Waals surface area contributed by atoms with E-state index in [4.69, 9.17) is 0 Å². The van der Waals surface area contributed by atoms with Gasteiger partial charge < -0.3 is 10.2 Å². The lowest BCUT2D eigenvalue weighted by molar-refractivity contribution is -0.121. The number of rotatable bonds is 4. The molecule has 0 spiro atoms. The van der Waals surface area contributed by atoms with Gasteiger partial charge in [0, 0.05) is 19.3 Å². The maximum absolute atomic E-state index is 13.3. The van der Waals surface area contributed by atoms with Crippen LogP contribution in [0, 0.1) is 5.82 Å². The van der Waals surface area contributed by atoms with Crippen molar-refractivity contribution in [3.05, 3.63) is 29.8 Å². The first kappa shape index (κ1) is 12.5. The second-order valence-electron chi connectivity index (χ2n) is 4.36. The molecular formula is C12H14FN3O2. The molecule has 1 aliphatic carbocycles. The fourth-order valence-corrected chi connectivity index (χ4v) is 1.54. The number of hydrogen-bond acceptors (Lipinski definition) is 3. The van der Waals surface area contributed by atoms with Crippen molar-refractivity contribution < 1.29 is 14.0 Å². The average Bonchev–Trinajstić information content (AvgIpc) is 3.12. The SMILES string of the molecule is CN(CC(=O)NC1CC1)C(=O)c1ccncc1F. The van der Waals surface area contributed by atoms with Crippen LogP contribution in [0.4, 0.5) is 4.39 Å². The molecule has 0 aliphatic heterocycles. The molecular weight excluding hydrogens is 237 g/mol. The van der Waals surface area contributed by atoms with Gasteiger partial charge >= 0.3 is 0 Å². The Morgan fingerprint density at radius 1 is 1.56 bits per heavy atom. The first-order valence-corrected chi connectivity index (χ1v) is 5.72. The summed E-state index contributed by atoms with van der Waals surface area (Å²) in [6, 6.07) is 1.55. The fourth-order valence-electron chi connectivity index (χ4n) is 1.54. The zero-order chi connectivity index (χ0) is 13.1. The first-order valence-electron chi connectivity index (χ1n) is 5.72. The van der Waals surface area contributed by atoms with E-state index in [1.807, 2.05) is 0 Å². The summed E-state index contributed by atoms with van der Waals surface area (Å²) in [5, 5.41) is 2.77. The van der Waals surface area contributed by atoms with E-state index in [9.17, 15) is 14.0 Å². The van der Waals surface area contributed by atoms with E-state index in [1.165, 1.54) is 24.2 Å². The second kappa shape index (κ2) is 5.12. The van der Waals surface area contributed by atoms with E-state index in [1.54, 1.807) is 0 Å². The Bertz CT molecular complexity index is 474. The molecule has 5 nitrogen and oxygen atoms in total. The maximum atomic E-state index is 13.3. The van der Waals surface area contributed by atoms with E-state index in [0.29, 0.717) is 0 Å². The second-order valence-corrected chi connectivity index (χ2v) is 4.36. The monoisotopic (exact) mass is 251 g/mol. The molecule has 6 heteroatoms. The molecule has 0 radical (unpaired) electrons. The van der Waals surface area contributed by atoms with Gasteiger partial charge in [0.1, 0.15) is 0 Å². The van der Waals surface area contributed by atoms with Gasteiger partial charge in [-0.3, -0.25) is 14.6 Å². The molecule has 1 heterocycles. The molecule has 0 unspecified atom stereocenters. The number of aromatic nitrogens is 1. The summed E-state index contributed by atoms with van der Waals surface area (Å²) in [5.74, 6) is -1.43. The minimum Gasteiger partial charge on any atom is -0.352 e. The molecule has 0 atom stereocenters. The Hall–Kier alpha value is -1.98. The molecule has 1 aliphatic rings. The topological polar surface area (TPSA) is 62.3 Å². The molecule has 18 heavy (non-hydrogen) atoms. The lowest BCUT2D eigenvalue weighted by atomic mass is 10.2. The smallest absolute Gasteiger partial charge is 0.257 e. The Morgan fingerprint density at radius 3 is 2.89 bits per heavy atom. The van der Waals surface area contributed by atoms with Gasteiger partial charge in [-0.2, -0.15) is 0 Å². The van der Waals surface area contributed by atoms with Crippen LogP contribution in [-0.2, 0) is 4.79 Å². The normalized spacial score (nSPS) is 14.1. The van der Waals surface area contributed by atoms with Gasteiger partial charge in [-0.15, -0.1) is 0 Å². The van der Waals surface area contributed by atoms with E-state index < -0.39 is 11.7 Å². The molecule has 1 saturated carbocycles. The van der Waals surface area contributed by atoms with Crippen LogP contribution in [0.2, 0.25) is 0 Å². The molecule has 0 aromatic carbocycles. The van der Waals surface area contributed by atoms with Crippen molar-refractivity contribution in [2.45, 2.75) is 18.9 Å². The van der Waals surface area contributed by atoms with Gasteiger partial charge in [0.05, 0.1) is 18.3 Å².